The fourth-order valence-corrected chi connectivity index (χ4v) is 5.33. The first-order valence-corrected chi connectivity index (χ1v) is 14.1. The van der Waals surface area contributed by atoms with Crippen molar-refractivity contribution in [2.45, 2.75) is 64.9 Å². The molecule has 10 heteroatoms. The molecule has 2 aliphatic heterocycles. The zero-order valence-corrected chi connectivity index (χ0v) is 23.7. The number of nitrogens with two attached hydrogens (primary N) is 1. The van der Waals surface area contributed by atoms with E-state index in [-0.39, 0.29) is 37.4 Å². The highest BCUT2D eigenvalue weighted by Gasteiger charge is 2.39. The Hall–Kier alpha value is -4.70. The van der Waals surface area contributed by atoms with E-state index in [0.717, 1.165) is 22.3 Å². The lowest BCUT2D eigenvalue weighted by molar-refractivity contribution is -0.136. The van der Waals surface area contributed by atoms with Crippen LogP contribution in [-0.2, 0) is 35.8 Å². The maximum atomic E-state index is 12.9. The minimum absolute atomic E-state index is 0.208. The quantitative estimate of drug-likeness (QED) is 0.288. The number of urea groups is 1. The number of anilines is 1. The number of nitrogens with one attached hydrogen (secondary N) is 3. The lowest BCUT2D eigenvalue weighted by Crippen LogP contribution is -2.52. The van der Waals surface area contributed by atoms with Crippen LogP contribution in [0.5, 0.6) is 5.75 Å². The molecule has 1 unspecified atom stereocenters. The Bertz CT molecular complexity index is 1520. The Morgan fingerprint density at radius 2 is 1.81 bits per heavy atom. The second kappa shape index (κ2) is 12.4. The number of fused-ring (bicyclic) bond motifs is 1. The highest BCUT2D eigenvalue weighted by molar-refractivity contribution is 6.05. The number of carbonyl (C=O) groups is 4. The highest BCUT2D eigenvalue weighted by Crippen LogP contribution is 2.28. The molecule has 3 aromatic rings. The van der Waals surface area contributed by atoms with Crippen LogP contribution in [0.3, 0.4) is 0 Å². The molecule has 0 spiro atoms. The van der Waals surface area contributed by atoms with Gasteiger partial charge in [0.05, 0.1) is 0 Å². The summed E-state index contributed by atoms with van der Waals surface area (Å²) in [6, 6.07) is 17.7. The van der Waals surface area contributed by atoms with Crippen molar-refractivity contribution >= 4 is 29.4 Å². The number of ether oxygens (including phenoxy) is 1. The first-order chi connectivity index (χ1) is 20.2. The normalized spacial score (nSPS) is 16.3. The summed E-state index contributed by atoms with van der Waals surface area (Å²) in [6.07, 6.45) is 0.522. The molecular formula is C32H35N5O5. The monoisotopic (exact) mass is 569 g/mol. The summed E-state index contributed by atoms with van der Waals surface area (Å²) < 4.78 is 6.00. The van der Waals surface area contributed by atoms with E-state index in [1.807, 2.05) is 24.3 Å². The SMILES string of the molecule is CC(C)c1cc(CN)ccc1COc1ccc(NC(=O)NCc2ccc3c(c2)CN(C2CCC(=O)NC2=O)C3=O)cc1. The molecule has 0 saturated carbocycles. The number of benzene rings is 3. The summed E-state index contributed by atoms with van der Waals surface area (Å²) in [5.41, 5.74) is 12.0. The molecule has 218 valence electrons. The van der Waals surface area contributed by atoms with Crippen LogP contribution in [0.2, 0.25) is 0 Å². The molecule has 0 aliphatic carbocycles. The second-order valence-electron chi connectivity index (χ2n) is 10.9. The summed E-state index contributed by atoms with van der Waals surface area (Å²) in [4.78, 5) is 50.7. The van der Waals surface area contributed by atoms with Crippen molar-refractivity contribution in [2.24, 2.45) is 5.73 Å². The van der Waals surface area contributed by atoms with E-state index >= 15 is 0 Å². The van der Waals surface area contributed by atoms with Gasteiger partial charge in [0.25, 0.3) is 5.91 Å². The Balaban J connectivity index is 1.12. The van der Waals surface area contributed by atoms with Gasteiger partial charge in [-0.15, -0.1) is 0 Å². The van der Waals surface area contributed by atoms with E-state index in [1.165, 1.54) is 10.5 Å². The van der Waals surface area contributed by atoms with E-state index in [4.69, 9.17) is 10.5 Å². The maximum Gasteiger partial charge on any atom is 0.319 e. The average Bonchev–Trinajstić information content (AvgIpc) is 3.30. The number of imide groups is 1. The summed E-state index contributed by atoms with van der Waals surface area (Å²) in [5.74, 6) is 0.0589. The van der Waals surface area contributed by atoms with Gasteiger partial charge in [-0.05, 0) is 70.5 Å². The van der Waals surface area contributed by atoms with Crippen LogP contribution in [0, 0.1) is 0 Å². The van der Waals surface area contributed by atoms with Crippen molar-refractivity contribution in [3.63, 3.8) is 0 Å². The standard InChI is InChI=1S/C32H35N5O5/c1-19(2)27-14-20(15-33)3-5-22(27)18-42-25-8-6-24(7-9-25)35-32(41)34-16-21-4-10-26-23(13-21)17-37(31(26)40)28-11-12-29(38)36-30(28)39/h3-10,13-14,19,28H,11-12,15-18,33H2,1-2H3,(H2,34,35,41)(H,36,38,39). The van der Waals surface area contributed by atoms with E-state index < -0.39 is 11.9 Å². The third-order valence-corrected chi connectivity index (χ3v) is 7.62. The smallest absolute Gasteiger partial charge is 0.319 e. The van der Waals surface area contributed by atoms with Crippen molar-refractivity contribution in [1.29, 1.82) is 0 Å². The molecule has 5 amide bonds. The third kappa shape index (κ3) is 6.44. The first-order valence-electron chi connectivity index (χ1n) is 14.1. The highest BCUT2D eigenvalue weighted by atomic mass is 16.5. The molecule has 2 heterocycles. The van der Waals surface area contributed by atoms with Crippen LogP contribution < -0.4 is 26.4 Å². The number of hydrogen-bond donors (Lipinski definition) is 4. The van der Waals surface area contributed by atoms with Gasteiger partial charge in [-0.1, -0.05) is 44.2 Å². The van der Waals surface area contributed by atoms with Gasteiger partial charge in [0, 0.05) is 37.3 Å². The van der Waals surface area contributed by atoms with Gasteiger partial charge < -0.3 is 26.0 Å². The topological polar surface area (TPSA) is 143 Å². The Morgan fingerprint density at radius 1 is 1.05 bits per heavy atom. The number of rotatable bonds is 9. The number of nitrogens with zero attached hydrogens (tertiary/aromatic N) is 1. The molecule has 10 nitrogen and oxygen atoms in total. The molecule has 5 rings (SSSR count). The maximum absolute atomic E-state index is 12.9. The van der Waals surface area contributed by atoms with E-state index in [2.05, 4.69) is 41.9 Å². The number of piperidine rings is 1. The minimum Gasteiger partial charge on any atom is -0.489 e. The van der Waals surface area contributed by atoms with E-state index in [1.54, 1.807) is 24.3 Å². The van der Waals surface area contributed by atoms with Crippen molar-refractivity contribution in [3.8, 4) is 5.75 Å². The fourth-order valence-electron chi connectivity index (χ4n) is 5.33. The average molecular weight is 570 g/mol. The zero-order chi connectivity index (χ0) is 29.8. The van der Waals surface area contributed by atoms with Crippen LogP contribution in [0.25, 0.3) is 0 Å². The van der Waals surface area contributed by atoms with E-state index in [0.29, 0.717) is 42.5 Å². The van der Waals surface area contributed by atoms with Crippen LogP contribution >= 0.6 is 0 Å². The molecule has 0 bridgehead atoms. The molecule has 5 N–H and O–H groups in total. The molecule has 42 heavy (non-hydrogen) atoms. The molecular weight excluding hydrogens is 534 g/mol. The van der Waals surface area contributed by atoms with Crippen LogP contribution in [0.1, 0.15) is 70.8 Å². The van der Waals surface area contributed by atoms with E-state index in [9.17, 15) is 19.2 Å². The van der Waals surface area contributed by atoms with Crippen LogP contribution in [0.15, 0.2) is 60.7 Å². The van der Waals surface area contributed by atoms with Crippen molar-refractivity contribution < 1.29 is 23.9 Å². The Labute approximate surface area is 244 Å². The molecule has 0 radical (unpaired) electrons. The lowest BCUT2D eigenvalue weighted by atomic mass is 9.95. The van der Waals surface area contributed by atoms with Gasteiger partial charge in [-0.25, -0.2) is 4.79 Å². The zero-order valence-electron chi connectivity index (χ0n) is 23.7. The summed E-state index contributed by atoms with van der Waals surface area (Å²) in [7, 11) is 0. The minimum atomic E-state index is -0.660. The largest absolute Gasteiger partial charge is 0.489 e. The molecule has 2 aliphatic rings. The number of carbonyl (C=O) groups excluding carboxylic acids is 4. The predicted octanol–water partition coefficient (Wildman–Crippen LogP) is 3.93. The van der Waals surface area contributed by atoms with Gasteiger partial charge in [0.15, 0.2) is 0 Å². The van der Waals surface area contributed by atoms with Gasteiger partial charge in [-0.2, -0.15) is 0 Å². The van der Waals surface area contributed by atoms with Gasteiger partial charge >= 0.3 is 6.03 Å². The summed E-state index contributed by atoms with van der Waals surface area (Å²) in [5, 5.41) is 7.96. The molecule has 3 aromatic carbocycles. The Kier molecular flexibility index (Phi) is 8.53. The van der Waals surface area contributed by atoms with Crippen LogP contribution in [-0.4, -0.2) is 34.7 Å². The van der Waals surface area contributed by atoms with Crippen molar-refractivity contribution in [3.05, 3.63) is 94.0 Å². The number of hydrogen-bond acceptors (Lipinski definition) is 6. The van der Waals surface area contributed by atoms with Crippen molar-refractivity contribution in [1.82, 2.24) is 15.5 Å². The second-order valence-corrected chi connectivity index (χ2v) is 10.9. The summed E-state index contributed by atoms with van der Waals surface area (Å²) >= 11 is 0. The van der Waals surface area contributed by atoms with Crippen molar-refractivity contribution in [2.75, 3.05) is 5.32 Å². The molecule has 1 saturated heterocycles. The van der Waals surface area contributed by atoms with Crippen LogP contribution in [0.4, 0.5) is 10.5 Å². The molecule has 1 atom stereocenters. The van der Waals surface area contributed by atoms with Gasteiger partial charge in [-0.3, -0.25) is 19.7 Å². The Morgan fingerprint density at radius 3 is 2.52 bits per heavy atom. The third-order valence-electron chi connectivity index (χ3n) is 7.62. The molecule has 0 aromatic heterocycles. The van der Waals surface area contributed by atoms with Gasteiger partial charge in [0.2, 0.25) is 11.8 Å². The van der Waals surface area contributed by atoms with Gasteiger partial charge in [0.1, 0.15) is 18.4 Å². The number of amides is 5. The lowest BCUT2D eigenvalue weighted by Gasteiger charge is -2.29. The fraction of sp³-hybridized carbons (Fsp3) is 0.312. The predicted molar refractivity (Wildman–Crippen MR) is 158 cm³/mol. The molecule has 1 fully saturated rings. The summed E-state index contributed by atoms with van der Waals surface area (Å²) in [6.45, 7) is 5.77. The first kappa shape index (κ1) is 28.8.